The molecule has 28 heavy (non-hydrogen) atoms. The van der Waals surface area contributed by atoms with E-state index >= 15 is 0 Å². The maximum absolute atomic E-state index is 12.0. The lowest BCUT2D eigenvalue weighted by Crippen LogP contribution is -2.46. The Kier molecular flexibility index (Phi) is 5.69. The van der Waals surface area contributed by atoms with Gasteiger partial charge in [-0.05, 0) is 66.0 Å². The summed E-state index contributed by atoms with van der Waals surface area (Å²) < 4.78 is 3.16. The fourth-order valence-corrected chi connectivity index (χ4v) is 4.20. The number of nitriles is 1. The summed E-state index contributed by atoms with van der Waals surface area (Å²) in [6.45, 7) is 2.79. The molecule has 1 aliphatic heterocycles. The second-order valence-corrected chi connectivity index (χ2v) is 9.12. The van der Waals surface area contributed by atoms with Crippen molar-refractivity contribution >= 4 is 34.3 Å². The molecule has 1 aromatic heterocycles. The number of carbonyl (C=O) groups excluding carboxylic acids is 1. The van der Waals surface area contributed by atoms with Crippen LogP contribution in [-0.4, -0.2) is 33.7 Å². The number of hydrogen-bond acceptors (Lipinski definition) is 4. The predicted octanol–water partition coefficient (Wildman–Crippen LogP) is 3.74. The van der Waals surface area contributed by atoms with Crippen LogP contribution in [0.3, 0.4) is 0 Å². The lowest BCUT2D eigenvalue weighted by Gasteiger charge is -2.40. The van der Waals surface area contributed by atoms with Gasteiger partial charge < -0.3 is 5.32 Å². The van der Waals surface area contributed by atoms with Gasteiger partial charge in [0, 0.05) is 41.4 Å². The average Bonchev–Trinajstić information content (AvgIpc) is 3.45. The molecule has 2 fully saturated rings. The number of rotatable bonds is 6. The lowest BCUT2D eigenvalue weighted by atomic mass is 9.85. The molecule has 2 aromatic rings. The topological polar surface area (TPSA) is 74.0 Å². The van der Waals surface area contributed by atoms with Crippen molar-refractivity contribution in [2.45, 2.75) is 44.2 Å². The average molecular weight is 489 g/mol. The monoisotopic (exact) mass is 489 g/mol. The largest absolute Gasteiger partial charge is 0.309 e. The van der Waals surface area contributed by atoms with Crippen LogP contribution in [0, 0.1) is 20.8 Å². The molecule has 1 N–H and O–H groups in total. The number of anilines is 1. The Morgan fingerprint density at radius 3 is 2.61 bits per heavy atom. The molecule has 0 bridgehead atoms. The summed E-state index contributed by atoms with van der Waals surface area (Å²) in [5.74, 6) is 0.810. The van der Waals surface area contributed by atoms with Gasteiger partial charge in [-0.3, -0.25) is 14.4 Å². The Balaban J connectivity index is 1.41. The van der Waals surface area contributed by atoms with Crippen molar-refractivity contribution in [3.63, 3.8) is 0 Å². The highest BCUT2D eigenvalue weighted by Crippen LogP contribution is 2.34. The van der Waals surface area contributed by atoms with Crippen LogP contribution in [0.4, 0.5) is 5.82 Å². The second-order valence-electron chi connectivity index (χ2n) is 7.87. The van der Waals surface area contributed by atoms with E-state index in [-0.39, 0.29) is 17.4 Å². The van der Waals surface area contributed by atoms with Crippen molar-refractivity contribution in [3.8, 4) is 6.07 Å². The van der Waals surface area contributed by atoms with Gasteiger partial charge in [0.15, 0.2) is 5.82 Å². The van der Waals surface area contributed by atoms with Gasteiger partial charge in [0.2, 0.25) is 5.91 Å². The van der Waals surface area contributed by atoms with Crippen LogP contribution in [0.15, 0.2) is 36.5 Å². The van der Waals surface area contributed by atoms with E-state index < -0.39 is 0 Å². The summed E-state index contributed by atoms with van der Waals surface area (Å²) in [5.41, 5.74) is 1.03. The van der Waals surface area contributed by atoms with Gasteiger partial charge in [0.25, 0.3) is 0 Å². The van der Waals surface area contributed by atoms with Gasteiger partial charge in [-0.25, -0.2) is 0 Å². The summed E-state index contributed by atoms with van der Waals surface area (Å²) in [6.07, 6.45) is 6.05. The number of likely N-dealkylation sites (tertiary alicyclic amines) is 1. The number of amides is 1. The van der Waals surface area contributed by atoms with Gasteiger partial charge in [0.05, 0.1) is 18.0 Å². The minimum Gasteiger partial charge on any atom is -0.309 e. The van der Waals surface area contributed by atoms with E-state index in [9.17, 15) is 10.1 Å². The molecule has 146 valence electrons. The molecule has 0 atom stereocenters. The fraction of sp³-hybridized carbons (Fsp3) is 0.476. The quantitative estimate of drug-likeness (QED) is 0.628. The zero-order valence-corrected chi connectivity index (χ0v) is 17.9. The molecule has 7 heteroatoms. The number of aromatic nitrogens is 2. The summed E-state index contributed by atoms with van der Waals surface area (Å²) in [4.78, 5) is 14.4. The molecule has 2 aliphatic rings. The Labute approximate surface area is 179 Å². The van der Waals surface area contributed by atoms with Gasteiger partial charge >= 0.3 is 0 Å². The maximum atomic E-state index is 12.0. The van der Waals surface area contributed by atoms with E-state index in [4.69, 9.17) is 0 Å². The van der Waals surface area contributed by atoms with Crippen LogP contribution in [0.25, 0.3) is 0 Å². The smallest absolute Gasteiger partial charge is 0.228 e. The normalized spacial score (nSPS) is 19.1. The minimum atomic E-state index is -0.292. The van der Waals surface area contributed by atoms with E-state index in [0.29, 0.717) is 12.2 Å². The molecule has 1 saturated heterocycles. The van der Waals surface area contributed by atoms with Crippen molar-refractivity contribution in [1.29, 1.82) is 5.26 Å². The number of benzene rings is 1. The Morgan fingerprint density at radius 2 is 1.96 bits per heavy atom. The van der Waals surface area contributed by atoms with Crippen molar-refractivity contribution in [2.24, 2.45) is 5.92 Å². The molecular weight excluding hydrogens is 465 g/mol. The summed E-state index contributed by atoms with van der Waals surface area (Å²) >= 11 is 2.32. The van der Waals surface area contributed by atoms with Crippen LogP contribution in [0.5, 0.6) is 0 Å². The van der Waals surface area contributed by atoms with Gasteiger partial charge in [-0.1, -0.05) is 12.1 Å². The molecular formula is C21H24IN5O. The number of hydrogen-bond donors (Lipinski definition) is 1. The molecule has 4 rings (SSSR count). The number of carbonyl (C=O) groups is 1. The van der Waals surface area contributed by atoms with E-state index in [2.05, 4.69) is 68.2 Å². The van der Waals surface area contributed by atoms with E-state index in [1.165, 1.54) is 9.13 Å². The number of nitrogens with one attached hydrogen (secondary N) is 1. The molecule has 1 aliphatic carbocycles. The molecule has 0 unspecified atom stereocenters. The van der Waals surface area contributed by atoms with Crippen molar-refractivity contribution in [3.05, 3.63) is 45.7 Å². The molecule has 0 radical (unpaired) electrons. The predicted molar refractivity (Wildman–Crippen MR) is 115 cm³/mol. The lowest BCUT2D eigenvalue weighted by molar-refractivity contribution is -0.117. The maximum Gasteiger partial charge on any atom is 0.228 e. The van der Waals surface area contributed by atoms with Crippen molar-refractivity contribution < 1.29 is 4.79 Å². The zero-order chi connectivity index (χ0) is 19.6. The molecule has 6 nitrogen and oxygen atoms in total. The van der Waals surface area contributed by atoms with Crippen LogP contribution in [0.1, 0.15) is 37.7 Å². The SMILES string of the molecule is N#CCC1(n2ccc(NC(=O)C3CC3)n2)CCN(Cc2ccc(I)cc2)CC1. The Bertz CT molecular complexity index is 873. The highest BCUT2D eigenvalue weighted by Gasteiger charge is 2.37. The van der Waals surface area contributed by atoms with Crippen molar-refractivity contribution in [2.75, 3.05) is 18.4 Å². The number of nitrogens with zero attached hydrogens (tertiary/aromatic N) is 4. The molecule has 1 amide bonds. The third kappa shape index (κ3) is 4.39. The summed E-state index contributed by atoms with van der Waals surface area (Å²) in [6, 6.07) is 12.8. The third-order valence-electron chi connectivity index (χ3n) is 5.79. The fourth-order valence-electron chi connectivity index (χ4n) is 3.84. The molecule has 2 heterocycles. The Hall–Kier alpha value is -1.92. The van der Waals surface area contributed by atoms with Crippen LogP contribution < -0.4 is 5.32 Å². The van der Waals surface area contributed by atoms with E-state index in [1.54, 1.807) is 0 Å². The first-order valence-corrected chi connectivity index (χ1v) is 10.9. The highest BCUT2D eigenvalue weighted by molar-refractivity contribution is 14.1. The van der Waals surface area contributed by atoms with Gasteiger partial charge in [0.1, 0.15) is 0 Å². The zero-order valence-electron chi connectivity index (χ0n) is 15.8. The first-order valence-electron chi connectivity index (χ1n) is 9.79. The minimum absolute atomic E-state index is 0.0620. The van der Waals surface area contributed by atoms with Crippen molar-refractivity contribution in [1.82, 2.24) is 14.7 Å². The summed E-state index contributed by atoms with van der Waals surface area (Å²) in [5, 5.41) is 16.9. The number of piperidine rings is 1. The van der Waals surface area contributed by atoms with E-state index in [1.807, 2.05) is 16.9 Å². The second kappa shape index (κ2) is 8.21. The Morgan fingerprint density at radius 1 is 1.25 bits per heavy atom. The standard InChI is InChI=1S/C21H24IN5O/c22-18-5-1-16(2-6-18)15-26-13-9-21(8-11-23,10-14-26)27-12-7-19(25-27)24-20(28)17-3-4-17/h1-2,5-7,12,17H,3-4,8-10,13-15H2,(H,24,25,28). The summed E-state index contributed by atoms with van der Waals surface area (Å²) in [7, 11) is 0. The van der Waals surface area contributed by atoms with Gasteiger partial charge in [-0.2, -0.15) is 10.4 Å². The molecule has 0 spiro atoms. The van der Waals surface area contributed by atoms with Crippen LogP contribution in [-0.2, 0) is 16.9 Å². The van der Waals surface area contributed by atoms with Crippen LogP contribution in [0.2, 0.25) is 0 Å². The third-order valence-corrected chi connectivity index (χ3v) is 6.51. The van der Waals surface area contributed by atoms with E-state index in [0.717, 1.165) is 45.3 Å². The number of halogens is 1. The highest BCUT2D eigenvalue weighted by atomic mass is 127. The molecule has 1 saturated carbocycles. The first-order chi connectivity index (χ1) is 13.6. The van der Waals surface area contributed by atoms with Gasteiger partial charge in [-0.15, -0.1) is 0 Å². The molecule has 1 aromatic carbocycles. The first kappa shape index (κ1) is 19.4. The van der Waals surface area contributed by atoms with Crippen LogP contribution >= 0.6 is 22.6 Å².